The van der Waals surface area contributed by atoms with Gasteiger partial charge in [0.05, 0.1) is 11.3 Å². The van der Waals surface area contributed by atoms with Crippen LogP contribution in [0.25, 0.3) is 0 Å². The molecule has 1 aromatic carbocycles. The van der Waals surface area contributed by atoms with Gasteiger partial charge in [-0.1, -0.05) is 0 Å². The van der Waals surface area contributed by atoms with Crippen LogP contribution in [0.3, 0.4) is 0 Å². The zero-order chi connectivity index (χ0) is 13.7. The lowest BCUT2D eigenvalue weighted by Gasteiger charge is -2.35. The van der Waals surface area contributed by atoms with Gasteiger partial charge in [0, 0.05) is 18.5 Å². The molecule has 0 bridgehead atoms. The van der Waals surface area contributed by atoms with E-state index in [2.05, 4.69) is 10.6 Å². The van der Waals surface area contributed by atoms with E-state index < -0.39 is 23.4 Å². The number of carbonyl (C=O) groups is 1. The van der Waals surface area contributed by atoms with E-state index in [1.165, 1.54) is 6.07 Å². The van der Waals surface area contributed by atoms with Crippen molar-refractivity contribution in [3.63, 3.8) is 0 Å². The van der Waals surface area contributed by atoms with Gasteiger partial charge in [-0.05, 0) is 24.7 Å². The summed E-state index contributed by atoms with van der Waals surface area (Å²) in [5.41, 5.74) is -0.962. The van der Waals surface area contributed by atoms with Crippen LogP contribution < -0.4 is 10.6 Å². The van der Waals surface area contributed by atoms with Crippen LogP contribution in [0, 0.1) is 0 Å². The maximum absolute atomic E-state index is 12.8. The van der Waals surface area contributed by atoms with Gasteiger partial charge in [-0.2, -0.15) is 13.2 Å². The summed E-state index contributed by atoms with van der Waals surface area (Å²) in [6.07, 6.45) is -4.57. The Morgan fingerprint density at radius 1 is 1.32 bits per heavy atom. The number of hydrogen-bond acceptors (Lipinski definition) is 3. The molecular formula is C12H11F3N2O2. The molecule has 3 rings (SSSR count). The van der Waals surface area contributed by atoms with Crippen LogP contribution in [0.2, 0.25) is 0 Å². The van der Waals surface area contributed by atoms with Gasteiger partial charge in [0.15, 0.2) is 5.60 Å². The quantitative estimate of drug-likeness (QED) is 0.762. The Morgan fingerprint density at radius 2 is 2.11 bits per heavy atom. The molecule has 0 aliphatic carbocycles. The first-order valence-electron chi connectivity index (χ1n) is 5.83. The summed E-state index contributed by atoms with van der Waals surface area (Å²) >= 11 is 0. The third-order valence-corrected chi connectivity index (χ3v) is 3.48. The molecule has 2 aliphatic heterocycles. The lowest BCUT2D eigenvalue weighted by atomic mass is 9.88. The lowest BCUT2D eigenvalue weighted by Crippen LogP contribution is -2.41. The first-order chi connectivity index (χ1) is 8.91. The Balaban J connectivity index is 2.13. The normalized spacial score (nSPS) is 25.9. The topological polar surface area (TPSA) is 50.4 Å². The molecule has 2 N–H and O–H groups in total. The second-order valence-corrected chi connectivity index (χ2v) is 4.69. The molecule has 0 saturated carbocycles. The molecule has 1 fully saturated rings. The van der Waals surface area contributed by atoms with E-state index in [4.69, 9.17) is 4.74 Å². The molecule has 1 amide bonds. The van der Waals surface area contributed by atoms with Crippen molar-refractivity contribution in [2.45, 2.75) is 18.2 Å². The van der Waals surface area contributed by atoms with Crippen LogP contribution in [-0.4, -0.2) is 19.2 Å². The molecule has 1 aromatic rings. The number of rotatable bonds is 0. The van der Waals surface area contributed by atoms with Gasteiger partial charge in [0.2, 0.25) is 0 Å². The number of alkyl halides is 3. The van der Waals surface area contributed by atoms with E-state index in [1.54, 1.807) is 0 Å². The Labute approximate surface area is 106 Å². The summed E-state index contributed by atoms with van der Waals surface area (Å²) in [7, 11) is 0. The summed E-state index contributed by atoms with van der Waals surface area (Å²) in [6.45, 7) is 0.928. The van der Waals surface area contributed by atoms with Gasteiger partial charge < -0.3 is 10.1 Å². The van der Waals surface area contributed by atoms with Gasteiger partial charge in [0.1, 0.15) is 0 Å². The van der Waals surface area contributed by atoms with E-state index in [1.807, 2.05) is 0 Å². The fraction of sp³-hybridized carbons (Fsp3) is 0.417. The van der Waals surface area contributed by atoms with Gasteiger partial charge in [-0.15, -0.1) is 0 Å². The number of benzene rings is 1. The number of fused-ring (bicyclic) bond motifs is 2. The number of nitrogens with one attached hydrogen (secondary N) is 2. The lowest BCUT2D eigenvalue weighted by molar-refractivity contribution is -0.137. The Bertz CT molecular complexity index is 536. The molecule has 0 radical (unpaired) electrons. The highest BCUT2D eigenvalue weighted by Gasteiger charge is 2.45. The van der Waals surface area contributed by atoms with Gasteiger partial charge >= 0.3 is 12.3 Å². The molecule has 102 valence electrons. The maximum Gasteiger partial charge on any atom is 0.416 e. The minimum absolute atomic E-state index is 0.328. The zero-order valence-electron chi connectivity index (χ0n) is 9.80. The molecule has 1 atom stereocenters. The largest absolute Gasteiger partial charge is 0.436 e. The smallest absolute Gasteiger partial charge is 0.416 e. The first kappa shape index (κ1) is 12.3. The van der Waals surface area contributed by atoms with E-state index in [0.717, 1.165) is 12.1 Å². The second kappa shape index (κ2) is 3.86. The fourth-order valence-electron chi connectivity index (χ4n) is 2.56. The minimum atomic E-state index is -4.41. The van der Waals surface area contributed by atoms with E-state index in [0.29, 0.717) is 30.8 Å². The van der Waals surface area contributed by atoms with Crippen molar-refractivity contribution < 1.29 is 22.7 Å². The molecule has 1 saturated heterocycles. The van der Waals surface area contributed by atoms with E-state index in [-0.39, 0.29) is 0 Å². The molecule has 1 unspecified atom stereocenters. The van der Waals surface area contributed by atoms with E-state index >= 15 is 0 Å². The highest BCUT2D eigenvalue weighted by Crippen LogP contribution is 2.42. The van der Waals surface area contributed by atoms with Crippen molar-refractivity contribution >= 4 is 11.8 Å². The van der Waals surface area contributed by atoms with Crippen molar-refractivity contribution in [2.24, 2.45) is 0 Å². The average Bonchev–Trinajstić information content (AvgIpc) is 2.76. The molecule has 4 nitrogen and oxygen atoms in total. The predicted octanol–water partition coefficient (Wildman–Crippen LogP) is 2.46. The van der Waals surface area contributed by atoms with Gasteiger partial charge in [-0.3, -0.25) is 5.32 Å². The Hall–Kier alpha value is -1.76. The van der Waals surface area contributed by atoms with Crippen molar-refractivity contribution in [1.82, 2.24) is 5.32 Å². The number of carbonyl (C=O) groups excluding carboxylic acids is 1. The number of anilines is 1. The molecule has 0 aromatic heterocycles. The van der Waals surface area contributed by atoms with Crippen molar-refractivity contribution in [1.29, 1.82) is 0 Å². The highest BCUT2D eigenvalue weighted by atomic mass is 19.4. The number of halogens is 3. The molecule has 7 heteroatoms. The average molecular weight is 272 g/mol. The highest BCUT2D eigenvalue weighted by molar-refractivity contribution is 5.89. The molecular weight excluding hydrogens is 261 g/mol. The standard InChI is InChI=1S/C12H11F3N2O2/c13-12(14,15)7-1-2-9-8(5-7)11(3-4-16-6-11)19-10(18)17-9/h1-2,5,16H,3-4,6H2,(H,17,18). The number of ether oxygens (including phenoxy) is 1. The van der Waals surface area contributed by atoms with Crippen molar-refractivity contribution in [3.05, 3.63) is 29.3 Å². The molecule has 19 heavy (non-hydrogen) atoms. The molecule has 2 aliphatic rings. The Kier molecular flexibility index (Phi) is 2.50. The maximum atomic E-state index is 12.8. The third kappa shape index (κ3) is 1.94. The summed E-state index contributed by atoms with van der Waals surface area (Å²) in [5.74, 6) is 0. The van der Waals surface area contributed by atoms with Gasteiger partial charge in [0.25, 0.3) is 0 Å². The van der Waals surface area contributed by atoms with Gasteiger partial charge in [-0.25, -0.2) is 4.79 Å². The van der Waals surface area contributed by atoms with Crippen LogP contribution >= 0.6 is 0 Å². The Morgan fingerprint density at radius 3 is 2.74 bits per heavy atom. The number of amides is 1. The summed E-state index contributed by atoms with van der Waals surface area (Å²) in [5, 5.41) is 5.45. The second-order valence-electron chi connectivity index (χ2n) is 4.69. The third-order valence-electron chi connectivity index (χ3n) is 3.48. The first-order valence-corrected chi connectivity index (χ1v) is 5.83. The predicted molar refractivity (Wildman–Crippen MR) is 60.7 cm³/mol. The van der Waals surface area contributed by atoms with Crippen LogP contribution in [0.15, 0.2) is 18.2 Å². The molecule has 1 spiro atoms. The van der Waals surface area contributed by atoms with E-state index in [9.17, 15) is 18.0 Å². The van der Waals surface area contributed by atoms with Crippen LogP contribution in [0.1, 0.15) is 17.5 Å². The van der Waals surface area contributed by atoms with Crippen LogP contribution in [0.5, 0.6) is 0 Å². The van der Waals surface area contributed by atoms with Crippen molar-refractivity contribution in [2.75, 3.05) is 18.4 Å². The summed E-state index contributed by atoms with van der Waals surface area (Å²) in [6, 6.07) is 3.29. The molecule has 2 heterocycles. The summed E-state index contributed by atoms with van der Waals surface area (Å²) in [4.78, 5) is 11.5. The van der Waals surface area contributed by atoms with Crippen LogP contribution in [-0.2, 0) is 16.5 Å². The SMILES string of the molecule is O=C1Nc2ccc(C(F)(F)F)cc2C2(CCNC2)O1. The van der Waals surface area contributed by atoms with Crippen molar-refractivity contribution in [3.8, 4) is 0 Å². The monoisotopic (exact) mass is 272 g/mol. The fourth-order valence-corrected chi connectivity index (χ4v) is 2.56. The summed E-state index contributed by atoms with van der Waals surface area (Å²) < 4.78 is 43.5. The zero-order valence-corrected chi connectivity index (χ0v) is 9.80. The number of hydrogen-bond donors (Lipinski definition) is 2. The van der Waals surface area contributed by atoms with Crippen LogP contribution in [0.4, 0.5) is 23.7 Å². The minimum Gasteiger partial charge on any atom is -0.436 e.